The largest absolute Gasteiger partial charge is 0.573 e. The lowest BCUT2D eigenvalue weighted by Crippen LogP contribution is -2.17. The van der Waals surface area contributed by atoms with Crippen molar-refractivity contribution in [1.29, 1.82) is 0 Å². The Kier molecular flexibility index (Phi) is 2.38. The number of alkyl halides is 3. The lowest BCUT2D eigenvalue weighted by Gasteiger charge is -2.10. The Morgan fingerprint density at radius 2 is 1.75 bits per heavy atom. The number of hydrogen-bond acceptors (Lipinski definition) is 2. The normalized spacial score (nSPS) is 11.7. The third-order valence-electron chi connectivity index (χ3n) is 2.10. The highest BCUT2D eigenvalue weighted by molar-refractivity contribution is 5.94. The maximum Gasteiger partial charge on any atom is 0.573 e. The summed E-state index contributed by atoms with van der Waals surface area (Å²) in [6.45, 7) is 0. The van der Waals surface area contributed by atoms with Crippen molar-refractivity contribution in [1.82, 2.24) is 0 Å². The summed E-state index contributed by atoms with van der Waals surface area (Å²) in [6.07, 6.45) is -4.70. The maximum atomic E-state index is 12.0. The lowest BCUT2D eigenvalue weighted by atomic mass is 10.1. The molecule has 2 aromatic rings. The molecule has 0 unspecified atom stereocenters. The van der Waals surface area contributed by atoms with Gasteiger partial charge >= 0.3 is 6.36 Å². The standard InChI is InChI=1S/C11H8F3NO/c12-11(13,14)16-8-5-7-3-1-2-4-9(7)10(15)6-8/h1-6H,15H2. The molecule has 0 saturated carbocycles. The molecule has 0 aliphatic carbocycles. The first kappa shape index (κ1) is 10.6. The molecule has 0 atom stereocenters. The Labute approximate surface area is 89.4 Å². The van der Waals surface area contributed by atoms with Crippen molar-refractivity contribution in [2.45, 2.75) is 6.36 Å². The van der Waals surface area contributed by atoms with E-state index in [0.29, 0.717) is 10.8 Å². The van der Waals surface area contributed by atoms with E-state index in [-0.39, 0.29) is 11.4 Å². The summed E-state index contributed by atoms with van der Waals surface area (Å²) in [4.78, 5) is 0. The van der Waals surface area contributed by atoms with E-state index in [0.717, 1.165) is 6.07 Å². The fourth-order valence-electron chi connectivity index (χ4n) is 1.50. The molecule has 0 fully saturated rings. The number of nitrogen functional groups attached to an aromatic ring is 1. The number of halogens is 3. The van der Waals surface area contributed by atoms with Gasteiger partial charge in [0.25, 0.3) is 0 Å². The summed E-state index contributed by atoms with van der Waals surface area (Å²) in [5.41, 5.74) is 5.89. The monoisotopic (exact) mass is 227 g/mol. The van der Waals surface area contributed by atoms with Gasteiger partial charge in [-0.25, -0.2) is 0 Å². The van der Waals surface area contributed by atoms with Gasteiger partial charge < -0.3 is 10.5 Å². The quantitative estimate of drug-likeness (QED) is 0.758. The molecule has 84 valence electrons. The summed E-state index contributed by atoms with van der Waals surface area (Å²) in [5.74, 6) is -0.302. The number of rotatable bonds is 1. The predicted molar refractivity (Wildman–Crippen MR) is 55.0 cm³/mol. The summed E-state index contributed by atoms with van der Waals surface area (Å²) in [5, 5.41) is 1.32. The van der Waals surface area contributed by atoms with Gasteiger partial charge in [-0.05, 0) is 11.5 Å². The van der Waals surface area contributed by atoms with Crippen LogP contribution >= 0.6 is 0 Å². The summed E-state index contributed by atoms with van der Waals surface area (Å²) < 4.78 is 39.8. The highest BCUT2D eigenvalue weighted by Crippen LogP contribution is 2.30. The molecule has 2 rings (SSSR count). The van der Waals surface area contributed by atoms with Gasteiger partial charge in [-0.15, -0.1) is 13.2 Å². The molecule has 0 spiro atoms. The molecule has 16 heavy (non-hydrogen) atoms. The number of hydrogen-bond donors (Lipinski definition) is 1. The first-order valence-corrected chi connectivity index (χ1v) is 4.50. The van der Waals surface area contributed by atoms with Crippen LogP contribution in [-0.2, 0) is 0 Å². The zero-order valence-corrected chi connectivity index (χ0v) is 8.08. The molecule has 0 aliphatic rings. The van der Waals surface area contributed by atoms with E-state index < -0.39 is 6.36 Å². The highest BCUT2D eigenvalue weighted by Gasteiger charge is 2.31. The predicted octanol–water partition coefficient (Wildman–Crippen LogP) is 3.32. The maximum absolute atomic E-state index is 12.0. The van der Waals surface area contributed by atoms with E-state index in [2.05, 4.69) is 4.74 Å². The zero-order chi connectivity index (χ0) is 11.8. The summed E-state index contributed by atoms with van der Waals surface area (Å²) in [6, 6.07) is 9.37. The fourth-order valence-corrected chi connectivity index (χ4v) is 1.50. The van der Waals surface area contributed by atoms with Crippen LogP contribution in [0.15, 0.2) is 36.4 Å². The van der Waals surface area contributed by atoms with Crippen LogP contribution in [0.3, 0.4) is 0 Å². The van der Waals surface area contributed by atoms with Crippen LogP contribution in [0, 0.1) is 0 Å². The fraction of sp³-hybridized carbons (Fsp3) is 0.0909. The van der Waals surface area contributed by atoms with E-state index >= 15 is 0 Å². The van der Waals surface area contributed by atoms with E-state index in [9.17, 15) is 13.2 Å². The molecule has 0 bridgehead atoms. The van der Waals surface area contributed by atoms with E-state index in [1.165, 1.54) is 6.07 Å². The smallest absolute Gasteiger partial charge is 0.406 e. The van der Waals surface area contributed by atoms with Crippen LogP contribution in [-0.4, -0.2) is 6.36 Å². The SMILES string of the molecule is Nc1cc(OC(F)(F)F)cc2ccccc12. The van der Waals surface area contributed by atoms with Crippen LogP contribution in [0.1, 0.15) is 0 Å². The van der Waals surface area contributed by atoms with Gasteiger partial charge in [0.1, 0.15) is 5.75 Å². The van der Waals surface area contributed by atoms with Gasteiger partial charge in [-0.3, -0.25) is 0 Å². The van der Waals surface area contributed by atoms with Crippen LogP contribution in [0.4, 0.5) is 18.9 Å². The van der Waals surface area contributed by atoms with Crippen LogP contribution in [0.25, 0.3) is 10.8 Å². The van der Waals surface area contributed by atoms with Crippen molar-refractivity contribution in [3.8, 4) is 5.75 Å². The van der Waals surface area contributed by atoms with Crippen molar-refractivity contribution in [2.75, 3.05) is 5.73 Å². The minimum Gasteiger partial charge on any atom is -0.406 e. The number of ether oxygens (including phenoxy) is 1. The van der Waals surface area contributed by atoms with Crippen molar-refractivity contribution < 1.29 is 17.9 Å². The van der Waals surface area contributed by atoms with Gasteiger partial charge in [0.2, 0.25) is 0 Å². The topological polar surface area (TPSA) is 35.2 Å². The van der Waals surface area contributed by atoms with Gasteiger partial charge in [-0.2, -0.15) is 0 Å². The Balaban J connectivity index is 2.50. The van der Waals surface area contributed by atoms with Crippen LogP contribution in [0.2, 0.25) is 0 Å². The Bertz CT molecular complexity index is 522. The molecule has 0 aliphatic heterocycles. The molecule has 0 radical (unpaired) electrons. The zero-order valence-electron chi connectivity index (χ0n) is 8.08. The molecule has 0 aromatic heterocycles. The Morgan fingerprint density at radius 3 is 2.44 bits per heavy atom. The second kappa shape index (κ2) is 3.59. The second-order valence-electron chi connectivity index (χ2n) is 3.28. The number of benzene rings is 2. The van der Waals surface area contributed by atoms with Crippen LogP contribution in [0.5, 0.6) is 5.75 Å². The molecule has 2 nitrogen and oxygen atoms in total. The Morgan fingerprint density at radius 1 is 1.06 bits per heavy atom. The molecule has 2 aromatic carbocycles. The van der Waals surface area contributed by atoms with Gasteiger partial charge in [0, 0.05) is 17.1 Å². The number of nitrogens with two attached hydrogens (primary N) is 1. The van der Waals surface area contributed by atoms with Crippen LogP contribution < -0.4 is 10.5 Å². The number of anilines is 1. The molecular weight excluding hydrogens is 219 g/mol. The van der Waals surface area contributed by atoms with E-state index in [1.807, 2.05) is 0 Å². The molecule has 0 heterocycles. The first-order valence-electron chi connectivity index (χ1n) is 4.50. The average molecular weight is 227 g/mol. The third kappa shape index (κ3) is 2.18. The summed E-state index contributed by atoms with van der Waals surface area (Å²) >= 11 is 0. The van der Waals surface area contributed by atoms with Gasteiger partial charge in [0.15, 0.2) is 0 Å². The molecule has 0 amide bonds. The van der Waals surface area contributed by atoms with Gasteiger partial charge in [0.05, 0.1) is 0 Å². The third-order valence-corrected chi connectivity index (χ3v) is 2.10. The molecule has 5 heteroatoms. The summed E-state index contributed by atoms with van der Waals surface area (Å²) in [7, 11) is 0. The van der Waals surface area contributed by atoms with E-state index in [4.69, 9.17) is 5.73 Å². The Hall–Kier alpha value is -1.91. The molecule has 2 N–H and O–H groups in total. The average Bonchev–Trinajstić information content (AvgIpc) is 2.15. The van der Waals surface area contributed by atoms with E-state index in [1.54, 1.807) is 24.3 Å². The minimum absolute atomic E-state index is 0.261. The lowest BCUT2D eigenvalue weighted by molar-refractivity contribution is -0.274. The minimum atomic E-state index is -4.70. The second-order valence-corrected chi connectivity index (χ2v) is 3.28. The van der Waals surface area contributed by atoms with Crippen molar-refractivity contribution in [3.05, 3.63) is 36.4 Å². The first-order chi connectivity index (χ1) is 7.46. The van der Waals surface area contributed by atoms with Crippen molar-refractivity contribution in [2.24, 2.45) is 0 Å². The van der Waals surface area contributed by atoms with Crippen molar-refractivity contribution in [3.63, 3.8) is 0 Å². The molecule has 0 saturated heterocycles. The van der Waals surface area contributed by atoms with Crippen molar-refractivity contribution >= 4 is 16.5 Å². The van der Waals surface area contributed by atoms with Gasteiger partial charge in [-0.1, -0.05) is 24.3 Å². The number of fused-ring (bicyclic) bond motifs is 1. The molecular formula is C11H8F3NO. The highest BCUT2D eigenvalue weighted by atomic mass is 19.4.